The third kappa shape index (κ3) is 3.78. The van der Waals surface area contributed by atoms with E-state index in [0.717, 1.165) is 24.2 Å². The van der Waals surface area contributed by atoms with Crippen LogP contribution in [0.2, 0.25) is 0 Å². The Bertz CT molecular complexity index is 724. The molecule has 1 aliphatic carbocycles. The fourth-order valence-electron chi connectivity index (χ4n) is 3.24. The van der Waals surface area contributed by atoms with Crippen LogP contribution in [-0.2, 0) is 24.2 Å². The molecule has 2 aromatic carbocycles. The number of rotatable bonds is 5. The summed E-state index contributed by atoms with van der Waals surface area (Å²) in [5.74, 6) is 0.789. The van der Waals surface area contributed by atoms with Crippen molar-refractivity contribution in [1.29, 1.82) is 0 Å². The van der Waals surface area contributed by atoms with Crippen LogP contribution >= 0.6 is 0 Å². The summed E-state index contributed by atoms with van der Waals surface area (Å²) in [6.07, 6.45) is 4.09. The second-order valence-corrected chi connectivity index (χ2v) is 6.51. The lowest BCUT2D eigenvalue weighted by molar-refractivity contribution is -0.127. The van der Waals surface area contributed by atoms with Gasteiger partial charge in [-0.3, -0.25) is 4.79 Å². The van der Waals surface area contributed by atoms with Crippen molar-refractivity contribution < 1.29 is 9.53 Å². The van der Waals surface area contributed by atoms with Crippen molar-refractivity contribution in [2.24, 2.45) is 0 Å². The summed E-state index contributed by atoms with van der Waals surface area (Å²) >= 11 is 0. The van der Waals surface area contributed by atoms with E-state index in [0.29, 0.717) is 6.54 Å². The Hall–Kier alpha value is -2.29. The Balaban J connectivity index is 1.62. The van der Waals surface area contributed by atoms with Crippen molar-refractivity contribution in [3.05, 3.63) is 64.7 Å². The SMILES string of the molecule is Cc1ccccc1CNC(=O)C(C)Oc1cccc2c1CCCC2. The maximum atomic E-state index is 12.4. The van der Waals surface area contributed by atoms with Gasteiger partial charge < -0.3 is 10.1 Å². The minimum atomic E-state index is -0.498. The molecule has 3 heteroatoms. The fraction of sp³-hybridized carbons (Fsp3) is 0.381. The first-order valence-electron chi connectivity index (χ1n) is 8.75. The van der Waals surface area contributed by atoms with Crippen LogP contribution < -0.4 is 10.1 Å². The first kappa shape index (κ1) is 16.6. The lowest BCUT2D eigenvalue weighted by Crippen LogP contribution is -2.36. The zero-order valence-electron chi connectivity index (χ0n) is 14.5. The molecule has 0 heterocycles. The average Bonchev–Trinajstić information content (AvgIpc) is 2.61. The monoisotopic (exact) mass is 323 g/mol. The van der Waals surface area contributed by atoms with E-state index >= 15 is 0 Å². The number of carbonyl (C=O) groups is 1. The molecule has 1 N–H and O–H groups in total. The Kier molecular flexibility index (Phi) is 5.19. The predicted molar refractivity (Wildman–Crippen MR) is 96.2 cm³/mol. The summed E-state index contributed by atoms with van der Waals surface area (Å²) in [7, 11) is 0. The number of nitrogens with one attached hydrogen (secondary N) is 1. The van der Waals surface area contributed by atoms with E-state index in [1.165, 1.54) is 29.5 Å². The van der Waals surface area contributed by atoms with E-state index in [9.17, 15) is 4.79 Å². The molecule has 0 bridgehead atoms. The van der Waals surface area contributed by atoms with Gasteiger partial charge in [-0.25, -0.2) is 0 Å². The van der Waals surface area contributed by atoms with Gasteiger partial charge in [-0.05, 0) is 67.9 Å². The van der Waals surface area contributed by atoms with Gasteiger partial charge in [0.25, 0.3) is 5.91 Å². The lowest BCUT2D eigenvalue weighted by atomic mass is 9.91. The van der Waals surface area contributed by atoms with Gasteiger partial charge in [0.15, 0.2) is 6.10 Å². The highest BCUT2D eigenvalue weighted by Crippen LogP contribution is 2.30. The van der Waals surface area contributed by atoms with Crippen molar-refractivity contribution in [1.82, 2.24) is 5.32 Å². The summed E-state index contributed by atoms with van der Waals surface area (Å²) in [6.45, 7) is 4.40. The largest absolute Gasteiger partial charge is 0.481 e. The van der Waals surface area contributed by atoms with Crippen molar-refractivity contribution in [3.63, 3.8) is 0 Å². The van der Waals surface area contributed by atoms with Crippen LogP contribution in [0.25, 0.3) is 0 Å². The van der Waals surface area contributed by atoms with Crippen molar-refractivity contribution in [2.75, 3.05) is 0 Å². The number of fused-ring (bicyclic) bond motifs is 1. The highest BCUT2D eigenvalue weighted by Gasteiger charge is 2.19. The van der Waals surface area contributed by atoms with Gasteiger partial charge in [0.05, 0.1) is 0 Å². The number of hydrogen-bond donors (Lipinski definition) is 1. The molecular formula is C21H25NO2. The molecule has 24 heavy (non-hydrogen) atoms. The van der Waals surface area contributed by atoms with Crippen LogP contribution in [0, 0.1) is 6.92 Å². The number of benzene rings is 2. The zero-order chi connectivity index (χ0) is 16.9. The highest BCUT2D eigenvalue weighted by molar-refractivity contribution is 5.80. The quantitative estimate of drug-likeness (QED) is 0.904. The molecule has 3 nitrogen and oxygen atoms in total. The molecule has 0 radical (unpaired) electrons. The minimum absolute atomic E-state index is 0.0772. The fourth-order valence-corrected chi connectivity index (χ4v) is 3.24. The van der Waals surface area contributed by atoms with Crippen molar-refractivity contribution in [3.8, 4) is 5.75 Å². The first-order valence-corrected chi connectivity index (χ1v) is 8.75. The summed E-state index contributed by atoms with van der Waals surface area (Å²) in [4.78, 5) is 12.4. The number of aryl methyl sites for hydroxylation is 2. The second kappa shape index (κ2) is 7.52. The number of carbonyl (C=O) groups excluding carboxylic acids is 1. The van der Waals surface area contributed by atoms with Crippen LogP contribution in [0.1, 0.15) is 42.0 Å². The first-order chi connectivity index (χ1) is 11.6. The molecule has 0 saturated heterocycles. The van der Waals surface area contributed by atoms with Crippen molar-refractivity contribution >= 4 is 5.91 Å². The van der Waals surface area contributed by atoms with E-state index in [1.54, 1.807) is 0 Å². The normalized spacial score (nSPS) is 14.6. The van der Waals surface area contributed by atoms with Gasteiger partial charge in [-0.2, -0.15) is 0 Å². The molecular weight excluding hydrogens is 298 g/mol. The maximum Gasteiger partial charge on any atom is 0.261 e. The molecule has 1 amide bonds. The van der Waals surface area contributed by atoms with Crippen LogP contribution in [0.5, 0.6) is 5.75 Å². The minimum Gasteiger partial charge on any atom is -0.481 e. The van der Waals surface area contributed by atoms with Crippen LogP contribution in [0.15, 0.2) is 42.5 Å². The number of amides is 1. The Morgan fingerprint density at radius 2 is 1.92 bits per heavy atom. The average molecular weight is 323 g/mol. The number of hydrogen-bond acceptors (Lipinski definition) is 2. The van der Waals surface area contributed by atoms with E-state index in [4.69, 9.17) is 4.74 Å². The van der Waals surface area contributed by atoms with E-state index in [-0.39, 0.29) is 5.91 Å². The predicted octanol–water partition coefficient (Wildman–Crippen LogP) is 3.96. The highest BCUT2D eigenvalue weighted by atomic mass is 16.5. The van der Waals surface area contributed by atoms with E-state index in [1.807, 2.05) is 37.3 Å². The van der Waals surface area contributed by atoms with E-state index < -0.39 is 6.10 Å². The molecule has 1 atom stereocenters. The van der Waals surface area contributed by atoms with Crippen LogP contribution in [0.3, 0.4) is 0 Å². The zero-order valence-corrected chi connectivity index (χ0v) is 14.5. The van der Waals surface area contributed by atoms with E-state index in [2.05, 4.69) is 24.4 Å². The Morgan fingerprint density at radius 3 is 2.75 bits per heavy atom. The molecule has 0 aliphatic heterocycles. The summed E-state index contributed by atoms with van der Waals surface area (Å²) in [6, 6.07) is 14.3. The molecule has 3 rings (SSSR count). The molecule has 1 unspecified atom stereocenters. The number of ether oxygens (including phenoxy) is 1. The molecule has 0 aromatic heterocycles. The van der Waals surface area contributed by atoms with Gasteiger partial charge in [0.2, 0.25) is 0 Å². The third-order valence-corrected chi connectivity index (χ3v) is 4.74. The topological polar surface area (TPSA) is 38.3 Å². The Morgan fingerprint density at radius 1 is 1.12 bits per heavy atom. The lowest BCUT2D eigenvalue weighted by Gasteiger charge is -2.22. The van der Waals surface area contributed by atoms with Crippen molar-refractivity contribution in [2.45, 2.75) is 52.2 Å². The smallest absolute Gasteiger partial charge is 0.261 e. The molecule has 0 spiro atoms. The summed E-state index contributed by atoms with van der Waals surface area (Å²) in [5, 5.41) is 2.98. The molecule has 1 aliphatic rings. The maximum absolute atomic E-state index is 12.4. The molecule has 0 saturated carbocycles. The molecule has 126 valence electrons. The molecule has 2 aromatic rings. The standard InChI is InChI=1S/C21H25NO2/c1-15-8-3-4-10-18(15)14-22-21(23)16(2)24-20-13-7-11-17-9-5-6-12-19(17)20/h3-4,7-8,10-11,13,16H,5-6,9,12,14H2,1-2H3,(H,22,23). The van der Waals surface area contributed by atoms with Gasteiger partial charge >= 0.3 is 0 Å². The van der Waals surface area contributed by atoms with Gasteiger partial charge in [0.1, 0.15) is 5.75 Å². The Labute approximate surface area is 144 Å². The van der Waals surface area contributed by atoms with Gasteiger partial charge in [-0.15, -0.1) is 0 Å². The van der Waals surface area contributed by atoms with Crippen LogP contribution in [0.4, 0.5) is 0 Å². The second-order valence-electron chi connectivity index (χ2n) is 6.51. The third-order valence-electron chi connectivity index (χ3n) is 4.74. The van der Waals surface area contributed by atoms with Gasteiger partial charge in [-0.1, -0.05) is 36.4 Å². The summed E-state index contributed by atoms with van der Waals surface area (Å²) < 4.78 is 5.98. The molecule has 0 fully saturated rings. The van der Waals surface area contributed by atoms with Crippen LogP contribution in [-0.4, -0.2) is 12.0 Å². The van der Waals surface area contributed by atoms with Gasteiger partial charge in [0, 0.05) is 6.54 Å². The summed E-state index contributed by atoms with van der Waals surface area (Å²) in [5.41, 5.74) is 4.97.